The molecule has 3 aromatic carbocycles. The van der Waals surface area contributed by atoms with Gasteiger partial charge in [-0.15, -0.1) is 0 Å². The zero-order valence-electron chi connectivity index (χ0n) is 23.2. The van der Waals surface area contributed by atoms with Gasteiger partial charge in [0.1, 0.15) is 12.4 Å². The van der Waals surface area contributed by atoms with Crippen LogP contribution >= 0.6 is 0 Å². The molecule has 3 aromatic rings. The molecule has 7 heteroatoms. The standard InChI is InChI=1S/C33H33NO6/c1-20-30(33(36)39-4)31(23-12-15-28(29(18-23)38-3)40-19-21-8-6-5-7-9-21)32-26(34-20)16-24(17-27(32)35)22-10-13-25(37-2)14-11-22/h5-15,18,24,31,34H,16-17,19H2,1-4H3/t24-,31+/m1/s1. The van der Waals surface area contributed by atoms with Crippen molar-refractivity contribution in [3.05, 3.63) is 112 Å². The highest BCUT2D eigenvalue weighted by atomic mass is 16.5. The molecule has 2 atom stereocenters. The van der Waals surface area contributed by atoms with E-state index in [0.717, 1.165) is 28.1 Å². The minimum absolute atomic E-state index is 0.00292. The fourth-order valence-corrected chi connectivity index (χ4v) is 5.58. The molecule has 0 aromatic heterocycles. The molecule has 0 bridgehead atoms. The normalized spacial score (nSPS) is 18.6. The molecule has 40 heavy (non-hydrogen) atoms. The minimum atomic E-state index is -0.593. The van der Waals surface area contributed by atoms with Crippen LogP contribution in [0.3, 0.4) is 0 Å². The lowest BCUT2D eigenvalue weighted by atomic mass is 9.71. The molecule has 0 unspecified atom stereocenters. The van der Waals surface area contributed by atoms with Gasteiger partial charge in [-0.05, 0) is 60.2 Å². The van der Waals surface area contributed by atoms with Crippen LogP contribution in [-0.4, -0.2) is 33.1 Å². The summed E-state index contributed by atoms with van der Waals surface area (Å²) in [6.07, 6.45) is 0.983. The first-order valence-corrected chi connectivity index (χ1v) is 13.2. The molecule has 0 amide bonds. The summed E-state index contributed by atoms with van der Waals surface area (Å²) in [6, 6.07) is 23.3. The predicted molar refractivity (Wildman–Crippen MR) is 151 cm³/mol. The Balaban J connectivity index is 1.51. The third-order valence-electron chi connectivity index (χ3n) is 7.58. The van der Waals surface area contributed by atoms with Crippen molar-refractivity contribution in [2.45, 2.75) is 38.2 Å². The Morgan fingerprint density at radius 2 is 1.60 bits per heavy atom. The Bertz CT molecular complexity index is 1470. The second-order valence-corrected chi connectivity index (χ2v) is 9.97. The number of rotatable bonds is 8. The number of carbonyl (C=O) groups is 2. The van der Waals surface area contributed by atoms with Crippen molar-refractivity contribution in [2.24, 2.45) is 0 Å². The first-order chi connectivity index (χ1) is 19.4. The van der Waals surface area contributed by atoms with Crippen LogP contribution in [0.2, 0.25) is 0 Å². The number of allylic oxidation sites excluding steroid dienone is 3. The van der Waals surface area contributed by atoms with Crippen LogP contribution in [0.5, 0.6) is 17.2 Å². The number of hydrogen-bond donors (Lipinski definition) is 1. The van der Waals surface area contributed by atoms with Crippen LogP contribution in [0.15, 0.2) is 95.3 Å². The number of dihydropyridines is 1. The lowest BCUT2D eigenvalue weighted by Crippen LogP contribution is -2.36. The molecule has 2 aliphatic rings. The average molecular weight is 540 g/mol. The largest absolute Gasteiger partial charge is 0.497 e. The number of esters is 1. The average Bonchev–Trinajstić information content (AvgIpc) is 2.99. The number of nitrogens with one attached hydrogen (secondary N) is 1. The van der Waals surface area contributed by atoms with Gasteiger partial charge in [-0.25, -0.2) is 4.79 Å². The fourth-order valence-electron chi connectivity index (χ4n) is 5.58. The van der Waals surface area contributed by atoms with E-state index in [0.29, 0.717) is 47.8 Å². The summed E-state index contributed by atoms with van der Waals surface area (Å²) in [6.45, 7) is 2.23. The number of ketones is 1. The van der Waals surface area contributed by atoms with Crippen molar-refractivity contribution in [1.29, 1.82) is 0 Å². The molecule has 1 aliphatic heterocycles. The van der Waals surface area contributed by atoms with E-state index >= 15 is 0 Å². The van der Waals surface area contributed by atoms with Crippen molar-refractivity contribution in [3.63, 3.8) is 0 Å². The Hall–Kier alpha value is -4.52. The van der Waals surface area contributed by atoms with Crippen molar-refractivity contribution in [3.8, 4) is 17.2 Å². The van der Waals surface area contributed by atoms with Gasteiger partial charge in [-0.2, -0.15) is 0 Å². The van der Waals surface area contributed by atoms with Gasteiger partial charge in [-0.3, -0.25) is 4.79 Å². The number of hydrogen-bond acceptors (Lipinski definition) is 7. The zero-order valence-corrected chi connectivity index (χ0v) is 23.2. The Kier molecular flexibility index (Phi) is 7.91. The quantitative estimate of drug-likeness (QED) is 0.361. The number of carbonyl (C=O) groups excluding carboxylic acids is 2. The van der Waals surface area contributed by atoms with E-state index in [-0.39, 0.29) is 11.7 Å². The number of benzene rings is 3. The van der Waals surface area contributed by atoms with Crippen molar-refractivity contribution >= 4 is 11.8 Å². The van der Waals surface area contributed by atoms with Crippen molar-refractivity contribution in [1.82, 2.24) is 5.32 Å². The summed E-state index contributed by atoms with van der Waals surface area (Å²) in [7, 11) is 4.56. The topological polar surface area (TPSA) is 83.1 Å². The fraction of sp³-hybridized carbons (Fsp3) is 0.273. The first-order valence-electron chi connectivity index (χ1n) is 13.2. The van der Waals surface area contributed by atoms with E-state index < -0.39 is 11.9 Å². The summed E-state index contributed by atoms with van der Waals surface area (Å²) in [5.41, 5.74) is 5.37. The second kappa shape index (κ2) is 11.7. The van der Waals surface area contributed by atoms with Crippen LogP contribution in [0.1, 0.15) is 48.3 Å². The molecule has 1 heterocycles. The molecule has 0 saturated heterocycles. The van der Waals surface area contributed by atoms with Crippen molar-refractivity contribution in [2.75, 3.05) is 21.3 Å². The van der Waals surface area contributed by atoms with E-state index in [2.05, 4.69) is 5.32 Å². The van der Waals surface area contributed by atoms with E-state index in [1.54, 1.807) is 14.2 Å². The highest BCUT2D eigenvalue weighted by Crippen LogP contribution is 2.47. The third kappa shape index (κ3) is 5.32. The SMILES string of the molecule is COC(=O)C1=C(C)NC2=C(C(=O)C[C@H](c3ccc(OC)cc3)C2)[C@H]1c1ccc(OCc2ccccc2)c(OC)c1. The van der Waals surface area contributed by atoms with Crippen LogP contribution in [0.25, 0.3) is 0 Å². The number of ether oxygens (including phenoxy) is 4. The highest BCUT2D eigenvalue weighted by Gasteiger charge is 2.41. The lowest BCUT2D eigenvalue weighted by molar-refractivity contribution is -0.136. The molecule has 206 valence electrons. The third-order valence-corrected chi connectivity index (χ3v) is 7.58. The van der Waals surface area contributed by atoms with Gasteiger partial charge in [0.05, 0.1) is 26.9 Å². The molecule has 1 aliphatic carbocycles. The second-order valence-electron chi connectivity index (χ2n) is 9.97. The molecule has 0 radical (unpaired) electrons. The van der Waals surface area contributed by atoms with Gasteiger partial charge in [-0.1, -0.05) is 48.5 Å². The molecule has 5 rings (SSSR count). The molecular formula is C33H33NO6. The highest BCUT2D eigenvalue weighted by molar-refractivity contribution is 6.04. The number of Topliss-reactive ketones (excluding diaryl/α,β-unsaturated/α-hetero) is 1. The van der Waals surface area contributed by atoms with E-state index in [4.69, 9.17) is 18.9 Å². The molecule has 0 saturated carbocycles. The summed E-state index contributed by atoms with van der Waals surface area (Å²) < 4.78 is 22.2. The van der Waals surface area contributed by atoms with E-state index in [1.165, 1.54) is 7.11 Å². The van der Waals surface area contributed by atoms with Crippen LogP contribution in [0, 0.1) is 0 Å². The summed E-state index contributed by atoms with van der Waals surface area (Å²) in [5.74, 6) is 0.815. The molecule has 0 fully saturated rings. The van der Waals surface area contributed by atoms with Gasteiger partial charge in [0, 0.05) is 29.3 Å². The minimum Gasteiger partial charge on any atom is -0.497 e. The smallest absolute Gasteiger partial charge is 0.336 e. The molecular weight excluding hydrogens is 506 g/mol. The van der Waals surface area contributed by atoms with Gasteiger partial charge in [0.2, 0.25) is 0 Å². The van der Waals surface area contributed by atoms with Crippen LogP contribution < -0.4 is 19.5 Å². The van der Waals surface area contributed by atoms with Gasteiger partial charge >= 0.3 is 5.97 Å². The number of methoxy groups -OCH3 is 3. The molecule has 1 N–H and O–H groups in total. The maximum atomic E-state index is 13.8. The van der Waals surface area contributed by atoms with Crippen molar-refractivity contribution < 1.29 is 28.5 Å². The maximum absolute atomic E-state index is 13.8. The Morgan fingerprint density at radius 1 is 0.875 bits per heavy atom. The Morgan fingerprint density at radius 3 is 2.27 bits per heavy atom. The molecule has 7 nitrogen and oxygen atoms in total. The van der Waals surface area contributed by atoms with E-state index in [1.807, 2.05) is 79.7 Å². The maximum Gasteiger partial charge on any atom is 0.336 e. The first kappa shape index (κ1) is 27.1. The zero-order chi connectivity index (χ0) is 28.2. The van der Waals surface area contributed by atoms with Gasteiger partial charge in [0.15, 0.2) is 17.3 Å². The van der Waals surface area contributed by atoms with Crippen LogP contribution in [-0.2, 0) is 20.9 Å². The summed E-state index contributed by atoms with van der Waals surface area (Å²) in [4.78, 5) is 26.9. The van der Waals surface area contributed by atoms with Crippen LogP contribution in [0.4, 0.5) is 0 Å². The molecule has 0 spiro atoms. The lowest BCUT2D eigenvalue weighted by Gasteiger charge is -2.36. The monoisotopic (exact) mass is 539 g/mol. The van der Waals surface area contributed by atoms with E-state index in [9.17, 15) is 9.59 Å². The summed E-state index contributed by atoms with van der Waals surface area (Å²) in [5, 5.41) is 3.37. The van der Waals surface area contributed by atoms with Gasteiger partial charge in [0.25, 0.3) is 0 Å². The summed E-state index contributed by atoms with van der Waals surface area (Å²) >= 11 is 0. The Labute approximate surface area is 234 Å². The van der Waals surface area contributed by atoms with Gasteiger partial charge < -0.3 is 24.3 Å². The predicted octanol–water partition coefficient (Wildman–Crippen LogP) is 5.82.